The van der Waals surface area contributed by atoms with E-state index in [9.17, 15) is 4.39 Å². The molecule has 104 valence electrons. The topological polar surface area (TPSA) is 49.8 Å². The highest BCUT2D eigenvalue weighted by Crippen LogP contribution is 2.39. The molecule has 1 heterocycles. The van der Waals surface area contributed by atoms with Crippen LogP contribution in [0.5, 0.6) is 0 Å². The van der Waals surface area contributed by atoms with Crippen molar-refractivity contribution in [1.82, 2.24) is 9.97 Å². The number of anilines is 3. The molecule has 0 unspecified atom stereocenters. The lowest BCUT2D eigenvalue weighted by Gasteiger charge is -2.10. The molecule has 6 heteroatoms. The van der Waals surface area contributed by atoms with Gasteiger partial charge in [-0.3, -0.25) is 0 Å². The number of hydrogen-bond acceptors (Lipinski definition) is 4. The van der Waals surface area contributed by atoms with E-state index in [1.54, 1.807) is 13.1 Å². The molecule has 1 aliphatic carbocycles. The van der Waals surface area contributed by atoms with Gasteiger partial charge in [0, 0.05) is 24.1 Å². The average molecular weight is 293 g/mol. The predicted octanol–water partition coefficient (Wildman–Crippen LogP) is 3.93. The highest BCUT2D eigenvalue weighted by Gasteiger charge is 2.27. The second-order valence-corrected chi connectivity index (χ2v) is 5.21. The van der Waals surface area contributed by atoms with Crippen LogP contribution in [0.4, 0.5) is 21.7 Å². The van der Waals surface area contributed by atoms with Gasteiger partial charge in [0.1, 0.15) is 23.3 Å². The van der Waals surface area contributed by atoms with Gasteiger partial charge in [0.25, 0.3) is 0 Å². The summed E-state index contributed by atoms with van der Waals surface area (Å²) in [6.45, 7) is 0. The first-order chi connectivity index (χ1) is 9.65. The number of nitrogens with one attached hydrogen (secondary N) is 2. The summed E-state index contributed by atoms with van der Waals surface area (Å²) in [6, 6.07) is 6.12. The lowest BCUT2D eigenvalue weighted by Crippen LogP contribution is -2.03. The number of benzene rings is 1. The number of nitrogens with zero attached hydrogens (tertiary/aromatic N) is 2. The van der Waals surface area contributed by atoms with Crippen LogP contribution in [0.3, 0.4) is 0 Å². The van der Waals surface area contributed by atoms with Gasteiger partial charge in [-0.2, -0.15) is 0 Å². The molecule has 2 N–H and O–H groups in total. The summed E-state index contributed by atoms with van der Waals surface area (Å²) in [4.78, 5) is 8.85. The average Bonchev–Trinajstić information content (AvgIpc) is 3.27. The van der Waals surface area contributed by atoms with E-state index in [4.69, 9.17) is 11.6 Å². The molecule has 1 aromatic carbocycles. The molecule has 0 aliphatic heterocycles. The molecule has 0 radical (unpaired) electrons. The Morgan fingerprint density at radius 2 is 1.95 bits per heavy atom. The lowest BCUT2D eigenvalue weighted by molar-refractivity contribution is 0.632. The minimum absolute atomic E-state index is 0.306. The molecule has 0 saturated heterocycles. The molecule has 1 saturated carbocycles. The minimum Gasteiger partial charge on any atom is -0.373 e. The van der Waals surface area contributed by atoms with Crippen molar-refractivity contribution in [3.05, 3.63) is 40.9 Å². The van der Waals surface area contributed by atoms with E-state index in [1.807, 2.05) is 0 Å². The molecular weight excluding hydrogens is 279 g/mol. The Labute approximate surface area is 121 Å². The molecule has 3 rings (SSSR count). The zero-order valence-electron chi connectivity index (χ0n) is 11.0. The standard InChI is InChI=1S/C14H14ClFN4/c1-17-12-7-13(20-14(19-12)8-2-3-8)18-11-6-9(15)4-5-10(11)16/h4-8H,2-3H2,1H3,(H2,17,18,19,20). The fraction of sp³-hybridized carbons (Fsp3) is 0.286. The van der Waals surface area contributed by atoms with E-state index in [1.165, 1.54) is 18.2 Å². The third-order valence-corrected chi connectivity index (χ3v) is 3.37. The molecule has 0 spiro atoms. The summed E-state index contributed by atoms with van der Waals surface area (Å²) in [7, 11) is 1.79. The third kappa shape index (κ3) is 2.82. The van der Waals surface area contributed by atoms with Crippen LogP contribution >= 0.6 is 11.6 Å². The van der Waals surface area contributed by atoms with Crippen molar-refractivity contribution in [3.8, 4) is 0 Å². The Morgan fingerprint density at radius 3 is 2.65 bits per heavy atom. The summed E-state index contributed by atoms with van der Waals surface area (Å²) in [5, 5.41) is 6.42. The van der Waals surface area contributed by atoms with Crippen LogP contribution in [0.1, 0.15) is 24.6 Å². The van der Waals surface area contributed by atoms with Gasteiger partial charge in [0.2, 0.25) is 0 Å². The maximum atomic E-state index is 13.7. The van der Waals surface area contributed by atoms with Crippen LogP contribution in [0, 0.1) is 5.82 Å². The molecule has 2 aromatic rings. The van der Waals surface area contributed by atoms with E-state index < -0.39 is 0 Å². The van der Waals surface area contributed by atoms with Gasteiger partial charge in [-0.25, -0.2) is 14.4 Å². The smallest absolute Gasteiger partial charge is 0.146 e. The monoisotopic (exact) mass is 292 g/mol. The Balaban J connectivity index is 1.93. The van der Waals surface area contributed by atoms with E-state index in [2.05, 4.69) is 20.6 Å². The van der Waals surface area contributed by atoms with Crippen LogP contribution in [0.25, 0.3) is 0 Å². The molecule has 4 nitrogen and oxygen atoms in total. The fourth-order valence-corrected chi connectivity index (χ4v) is 2.09. The summed E-state index contributed by atoms with van der Waals surface area (Å²) >= 11 is 5.88. The van der Waals surface area contributed by atoms with Gasteiger partial charge in [-0.05, 0) is 31.0 Å². The maximum absolute atomic E-state index is 13.7. The molecule has 1 fully saturated rings. The Bertz CT molecular complexity index is 643. The fourth-order valence-electron chi connectivity index (χ4n) is 1.91. The quantitative estimate of drug-likeness (QED) is 0.896. The van der Waals surface area contributed by atoms with Crippen molar-refractivity contribution in [3.63, 3.8) is 0 Å². The normalized spacial score (nSPS) is 14.2. The SMILES string of the molecule is CNc1cc(Nc2cc(Cl)ccc2F)nc(C2CC2)n1. The lowest BCUT2D eigenvalue weighted by atomic mass is 10.3. The highest BCUT2D eigenvalue weighted by atomic mass is 35.5. The van der Waals surface area contributed by atoms with Gasteiger partial charge in [0.15, 0.2) is 0 Å². The first kappa shape index (κ1) is 13.1. The second-order valence-electron chi connectivity index (χ2n) is 4.77. The molecule has 1 aromatic heterocycles. The van der Waals surface area contributed by atoms with Crippen molar-refractivity contribution in [2.45, 2.75) is 18.8 Å². The van der Waals surface area contributed by atoms with Crippen LogP contribution in [0.15, 0.2) is 24.3 Å². The van der Waals surface area contributed by atoms with Crippen LogP contribution < -0.4 is 10.6 Å². The molecular formula is C14H14ClFN4. The van der Waals surface area contributed by atoms with Crippen LogP contribution in [0.2, 0.25) is 5.02 Å². The number of rotatable bonds is 4. The summed E-state index contributed by atoms with van der Waals surface area (Å²) in [6.07, 6.45) is 2.22. The van der Waals surface area contributed by atoms with Gasteiger partial charge < -0.3 is 10.6 Å². The largest absolute Gasteiger partial charge is 0.373 e. The second kappa shape index (κ2) is 5.25. The number of hydrogen-bond donors (Lipinski definition) is 2. The predicted molar refractivity (Wildman–Crippen MR) is 78.2 cm³/mol. The van der Waals surface area contributed by atoms with Gasteiger partial charge in [-0.15, -0.1) is 0 Å². The Kier molecular flexibility index (Phi) is 3.44. The van der Waals surface area contributed by atoms with Crippen LogP contribution in [-0.4, -0.2) is 17.0 Å². The maximum Gasteiger partial charge on any atom is 0.146 e. The zero-order valence-corrected chi connectivity index (χ0v) is 11.7. The van der Waals surface area contributed by atoms with E-state index in [-0.39, 0.29) is 5.82 Å². The summed E-state index contributed by atoms with van der Waals surface area (Å²) in [5.74, 6) is 2.13. The van der Waals surface area contributed by atoms with E-state index in [0.29, 0.717) is 28.3 Å². The number of halogens is 2. The van der Waals surface area contributed by atoms with Crippen LogP contribution in [-0.2, 0) is 0 Å². The molecule has 0 atom stereocenters. The molecule has 0 amide bonds. The van der Waals surface area contributed by atoms with Crippen molar-refractivity contribution in [1.29, 1.82) is 0 Å². The van der Waals surface area contributed by atoms with Gasteiger partial charge in [0.05, 0.1) is 5.69 Å². The summed E-state index contributed by atoms with van der Waals surface area (Å²) < 4.78 is 13.7. The molecule has 1 aliphatic rings. The Hall–Kier alpha value is -1.88. The zero-order chi connectivity index (χ0) is 14.1. The summed E-state index contributed by atoms with van der Waals surface area (Å²) in [5.41, 5.74) is 0.306. The highest BCUT2D eigenvalue weighted by molar-refractivity contribution is 6.30. The van der Waals surface area contributed by atoms with Crippen molar-refractivity contribution in [2.75, 3.05) is 17.7 Å². The minimum atomic E-state index is -0.369. The Morgan fingerprint density at radius 1 is 1.20 bits per heavy atom. The van der Waals surface area contributed by atoms with Crippen molar-refractivity contribution < 1.29 is 4.39 Å². The van der Waals surface area contributed by atoms with Crippen molar-refractivity contribution in [2.24, 2.45) is 0 Å². The third-order valence-electron chi connectivity index (χ3n) is 3.13. The molecule has 20 heavy (non-hydrogen) atoms. The van der Waals surface area contributed by atoms with Gasteiger partial charge >= 0.3 is 0 Å². The number of aromatic nitrogens is 2. The van der Waals surface area contributed by atoms with E-state index >= 15 is 0 Å². The first-order valence-corrected chi connectivity index (χ1v) is 6.82. The first-order valence-electron chi connectivity index (χ1n) is 6.44. The van der Waals surface area contributed by atoms with E-state index in [0.717, 1.165) is 18.7 Å². The molecule has 0 bridgehead atoms. The van der Waals surface area contributed by atoms with Gasteiger partial charge in [-0.1, -0.05) is 11.6 Å². The van der Waals surface area contributed by atoms with Crippen molar-refractivity contribution >= 4 is 28.9 Å².